The number of methoxy groups -OCH3 is 1. The number of halogens is 2. The maximum absolute atomic E-state index is 13.5. The number of nitrogens with one attached hydrogen (secondary N) is 1. The maximum Gasteiger partial charge on any atom is 0.263 e. The Morgan fingerprint density at radius 1 is 1.19 bits per heavy atom. The number of aromatic nitrogens is 2. The van der Waals surface area contributed by atoms with Crippen molar-refractivity contribution in [1.82, 2.24) is 14.5 Å². The number of rotatable bonds is 5. The number of ether oxygens (including phenoxy) is 1. The lowest BCUT2D eigenvalue weighted by molar-refractivity contribution is 0.0731. The lowest BCUT2D eigenvalue weighted by Gasteiger charge is -2.29. The fourth-order valence-electron chi connectivity index (χ4n) is 3.79. The molecule has 32 heavy (non-hydrogen) atoms. The van der Waals surface area contributed by atoms with E-state index in [-0.39, 0.29) is 18.0 Å². The Balaban J connectivity index is 1.74. The molecular weight excluding hydrogens is 451 g/mol. The van der Waals surface area contributed by atoms with Gasteiger partial charge in [0.1, 0.15) is 5.75 Å². The molecule has 0 atom stereocenters. The summed E-state index contributed by atoms with van der Waals surface area (Å²) in [6.07, 6.45) is 0.399. The highest BCUT2D eigenvalue weighted by molar-refractivity contribution is 6.42. The van der Waals surface area contributed by atoms with Crippen molar-refractivity contribution < 1.29 is 9.53 Å². The van der Waals surface area contributed by atoms with E-state index in [1.807, 2.05) is 25.1 Å². The molecule has 0 aliphatic carbocycles. The first-order valence-corrected chi connectivity index (χ1v) is 11.0. The van der Waals surface area contributed by atoms with Crippen LogP contribution >= 0.6 is 23.2 Å². The molecule has 3 aromatic rings. The maximum atomic E-state index is 13.5. The van der Waals surface area contributed by atoms with Gasteiger partial charge in [-0.3, -0.25) is 9.59 Å². The summed E-state index contributed by atoms with van der Waals surface area (Å²) in [6.45, 7) is 3.13. The van der Waals surface area contributed by atoms with Crippen LogP contribution in [0.25, 0.3) is 5.69 Å². The lowest BCUT2D eigenvalue weighted by Crippen LogP contribution is -2.41. The highest BCUT2D eigenvalue weighted by atomic mass is 35.5. The molecule has 2 aromatic carbocycles. The Kier molecular flexibility index (Phi) is 6.39. The fraction of sp³-hybridized carbons (Fsp3) is 0.261. The number of nitrogens with zero attached hydrogens (tertiary/aromatic N) is 3. The first kappa shape index (κ1) is 22.2. The third kappa shape index (κ3) is 4.06. The Bertz CT molecular complexity index is 1240. The minimum Gasteiger partial charge on any atom is -0.495 e. The first-order valence-electron chi connectivity index (χ1n) is 10.2. The average molecular weight is 473 g/mol. The summed E-state index contributed by atoms with van der Waals surface area (Å²) in [5.74, 6) is 0.794. The predicted molar refractivity (Wildman–Crippen MR) is 125 cm³/mol. The van der Waals surface area contributed by atoms with Gasteiger partial charge in [-0.25, -0.2) is 9.55 Å². The predicted octanol–water partition coefficient (Wildman–Crippen LogP) is 4.18. The number of benzene rings is 2. The fourth-order valence-corrected chi connectivity index (χ4v) is 4.09. The summed E-state index contributed by atoms with van der Waals surface area (Å²) in [4.78, 5) is 32.9. The molecule has 1 amide bonds. The molecule has 166 valence electrons. The van der Waals surface area contributed by atoms with Crippen LogP contribution < -0.4 is 15.6 Å². The Morgan fingerprint density at radius 2 is 1.97 bits per heavy atom. The second-order valence-corrected chi connectivity index (χ2v) is 8.12. The van der Waals surface area contributed by atoms with Crippen LogP contribution in [0.2, 0.25) is 10.0 Å². The van der Waals surface area contributed by atoms with E-state index in [9.17, 15) is 9.59 Å². The second-order valence-electron chi connectivity index (χ2n) is 7.31. The quantitative estimate of drug-likeness (QED) is 0.602. The minimum atomic E-state index is -0.185. The number of anilines is 1. The van der Waals surface area contributed by atoms with Crippen molar-refractivity contribution in [3.05, 3.63) is 79.7 Å². The molecule has 0 saturated heterocycles. The lowest BCUT2D eigenvalue weighted by atomic mass is 10.0. The first-order chi connectivity index (χ1) is 15.4. The van der Waals surface area contributed by atoms with E-state index in [0.29, 0.717) is 63.8 Å². The third-order valence-electron chi connectivity index (χ3n) is 5.35. The summed E-state index contributed by atoms with van der Waals surface area (Å²) in [5, 5.41) is 3.88. The summed E-state index contributed by atoms with van der Waals surface area (Å²) in [6, 6.07) is 12.1. The number of fused-ring (bicyclic) bond motifs is 1. The van der Waals surface area contributed by atoms with E-state index in [2.05, 4.69) is 5.32 Å². The standard InChI is InChI=1S/C23H22Cl2N4O3/c1-3-26-23-27-18-13-28(21(30)14-8-9-16(24)17(25)12-14)11-10-15(18)22(31)29(23)19-6-4-5-7-20(19)32-2/h4-9,12H,3,10-11,13H2,1-2H3,(H,26,27). The van der Waals surface area contributed by atoms with E-state index in [0.717, 1.165) is 0 Å². The van der Waals surface area contributed by atoms with Gasteiger partial charge in [0.2, 0.25) is 5.95 Å². The largest absolute Gasteiger partial charge is 0.495 e. The van der Waals surface area contributed by atoms with Crippen LogP contribution in [0.4, 0.5) is 5.95 Å². The number of carbonyl (C=O) groups excluding carboxylic acids is 1. The van der Waals surface area contributed by atoms with E-state index < -0.39 is 0 Å². The summed E-state index contributed by atoms with van der Waals surface area (Å²) < 4.78 is 7.00. The van der Waals surface area contributed by atoms with Crippen LogP contribution in [0.5, 0.6) is 5.75 Å². The van der Waals surface area contributed by atoms with Crippen LogP contribution in [0.15, 0.2) is 47.3 Å². The Hall–Kier alpha value is -3.03. The van der Waals surface area contributed by atoms with E-state index >= 15 is 0 Å². The molecule has 0 saturated carbocycles. The van der Waals surface area contributed by atoms with Crippen molar-refractivity contribution in [2.45, 2.75) is 19.9 Å². The van der Waals surface area contributed by atoms with Crippen molar-refractivity contribution in [3.63, 3.8) is 0 Å². The number of amides is 1. The molecule has 1 aromatic heterocycles. The van der Waals surface area contributed by atoms with E-state index in [4.69, 9.17) is 32.9 Å². The van der Waals surface area contributed by atoms with Crippen LogP contribution in [-0.4, -0.2) is 40.6 Å². The van der Waals surface area contributed by atoms with Crippen LogP contribution in [-0.2, 0) is 13.0 Å². The van der Waals surface area contributed by atoms with Gasteiger partial charge in [-0.15, -0.1) is 0 Å². The zero-order valence-corrected chi connectivity index (χ0v) is 19.2. The van der Waals surface area contributed by atoms with Crippen molar-refractivity contribution in [2.24, 2.45) is 0 Å². The molecular formula is C23H22Cl2N4O3. The smallest absolute Gasteiger partial charge is 0.263 e. The van der Waals surface area contributed by atoms with Crippen molar-refractivity contribution in [2.75, 3.05) is 25.5 Å². The number of hydrogen-bond acceptors (Lipinski definition) is 5. The molecule has 1 N–H and O–H groups in total. The number of para-hydroxylation sites is 2. The van der Waals surface area contributed by atoms with Crippen LogP contribution in [0.3, 0.4) is 0 Å². The molecule has 2 heterocycles. The molecule has 0 spiro atoms. The summed E-state index contributed by atoms with van der Waals surface area (Å²) >= 11 is 12.0. The van der Waals surface area contributed by atoms with Crippen molar-refractivity contribution in [3.8, 4) is 11.4 Å². The minimum absolute atomic E-state index is 0.169. The SMILES string of the molecule is CCNc1nc2c(c(=O)n1-c1ccccc1OC)CCN(C(=O)c1ccc(Cl)c(Cl)c1)C2. The second kappa shape index (κ2) is 9.22. The molecule has 0 bridgehead atoms. The zero-order chi connectivity index (χ0) is 22.8. The zero-order valence-electron chi connectivity index (χ0n) is 17.7. The number of carbonyl (C=O) groups is 1. The highest BCUT2D eigenvalue weighted by Gasteiger charge is 2.28. The van der Waals surface area contributed by atoms with Gasteiger partial charge < -0.3 is 15.0 Å². The van der Waals surface area contributed by atoms with Crippen molar-refractivity contribution >= 4 is 35.1 Å². The van der Waals surface area contributed by atoms with E-state index in [1.54, 1.807) is 36.3 Å². The Labute approximate surface area is 195 Å². The van der Waals surface area contributed by atoms with E-state index in [1.165, 1.54) is 4.57 Å². The average Bonchev–Trinajstić information content (AvgIpc) is 2.80. The van der Waals surface area contributed by atoms with Crippen LogP contribution in [0.1, 0.15) is 28.5 Å². The molecule has 0 unspecified atom stereocenters. The molecule has 4 rings (SSSR count). The molecule has 1 aliphatic heterocycles. The van der Waals surface area contributed by atoms with Crippen molar-refractivity contribution in [1.29, 1.82) is 0 Å². The number of hydrogen-bond donors (Lipinski definition) is 1. The molecule has 0 radical (unpaired) electrons. The van der Waals surface area contributed by atoms with Gasteiger partial charge >= 0.3 is 0 Å². The monoisotopic (exact) mass is 472 g/mol. The molecule has 7 nitrogen and oxygen atoms in total. The summed E-state index contributed by atoms with van der Waals surface area (Å²) in [5.41, 5.74) is 2.06. The van der Waals surface area contributed by atoms with Gasteiger partial charge in [0.15, 0.2) is 0 Å². The highest BCUT2D eigenvalue weighted by Crippen LogP contribution is 2.27. The van der Waals surface area contributed by atoms with Gasteiger partial charge in [-0.1, -0.05) is 35.3 Å². The van der Waals surface area contributed by atoms with Gasteiger partial charge in [-0.2, -0.15) is 0 Å². The van der Waals surface area contributed by atoms with Gasteiger partial charge in [0.25, 0.3) is 11.5 Å². The van der Waals surface area contributed by atoms with Gasteiger partial charge in [0, 0.05) is 24.2 Å². The molecule has 0 fully saturated rings. The van der Waals surface area contributed by atoms with Gasteiger partial charge in [-0.05, 0) is 43.7 Å². The van der Waals surface area contributed by atoms with Gasteiger partial charge in [0.05, 0.1) is 35.1 Å². The normalized spacial score (nSPS) is 12.9. The third-order valence-corrected chi connectivity index (χ3v) is 6.09. The summed E-state index contributed by atoms with van der Waals surface area (Å²) in [7, 11) is 1.56. The topological polar surface area (TPSA) is 76.5 Å². The van der Waals surface area contributed by atoms with Crippen LogP contribution in [0, 0.1) is 0 Å². The molecule has 9 heteroatoms. The Morgan fingerprint density at radius 3 is 2.69 bits per heavy atom. The molecule has 1 aliphatic rings.